The highest BCUT2D eigenvalue weighted by Gasteiger charge is 2.27. The van der Waals surface area contributed by atoms with Crippen molar-refractivity contribution < 1.29 is 33.2 Å². The fourth-order valence-corrected chi connectivity index (χ4v) is 0. The Kier molecular flexibility index (Phi) is 35.2. The Morgan fingerprint density at radius 2 is 1.00 bits per heavy atom. The van der Waals surface area contributed by atoms with E-state index in [1.54, 1.807) is 0 Å². The zero-order valence-corrected chi connectivity index (χ0v) is 8.47. The van der Waals surface area contributed by atoms with Crippen LogP contribution < -0.4 is 0 Å². The van der Waals surface area contributed by atoms with E-state index in [1.165, 1.54) is 0 Å². The second-order valence-corrected chi connectivity index (χ2v) is 2.64. The van der Waals surface area contributed by atoms with Crippen molar-refractivity contribution in [1.29, 1.82) is 16.2 Å². The Balaban J connectivity index is -0.0000000581. The van der Waals surface area contributed by atoms with Crippen LogP contribution in [0.3, 0.4) is 0 Å². The molecule has 0 amide bonds. The van der Waals surface area contributed by atoms with Crippen molar-refractivity contribution >= 4 is 27.3 Å². The molecule has 10 nitrogen and oxygen atoms in total. The van der Waals surface area contributed by atoms with Crippen molar-refractivity contribution in [2.75, 3.05) is 7.11 Å². The summed E-state index contributed by atoms with van der Waals surface area (Å²) in [5.74, 6) is 0. The Morgan fingerprint density at radius 3 is 1.00 bits per heavy atom. The van der Waals surface area contributed by atoms with E-state index in [-0.39, 0.29) is 0 Å². The molecule has 0 aromatic rings. The van der Waals surface area contributed by atoms with Gasteiger partial charge in [-0.1, -0.05) is 0 Å². The SMILES string of the molecule is CO[Si](O)(O)O.N=C=O.N=C=O.N=C=O. The van der Waals surface area contributed by atoms with Gasteiger partial charge in [0, 0.05) is 7.11 Å². The van der Waals surface area contributed by atoms with E-state index in [4.69, 9.17) is 45.0 Å². The van der Waals surface area contributed by atoms with Crippen molar-refractivity contribution in [3.05, 3.63) is 0 Å². The summed E-state index contributed by atoms with van der Waals surface area (Å²) in [6, 6.07) is 0. The van der Waals surface area contributed by atoms with E-state index in [1.807, 2.05) is 0 Å². The Labute approximate surface area is 84.8 Å². The molecule has 0 bridgehead atoms. The van der Waals surface area contributed by atoms with Crippen LogP contribution in [0.2, 0.25) is 0 Å². The average molecular weight is 239 g/mol. The molecule has 0 aromatic carbocycles. The molecule has 0 saturated heterocycles. The van der Waals surface area contributed by atoms with Crippen molar-refractivity contribution in [3.63, 3.8) is 0 Å². The lowest BCUT2D eigenvalue weighted by Crippen LogP contribution is -2.37. The third-order valence-electron chi connectivity index (χ3n) is 0.274. The van der Waals surface area contributed by atoms with Gasteiger partial charge >= 0.3 is 9.05 Å². The number of hydrogen-bond donors (Lipinski definition) is 6. The first-order valence-corrected chi connectivity index (χ1v) is 4.40. The maximum atomic E-state index is 8.35. The number of nitrogens with one attached hydrogen (secondary N) is 3. The molecule has 0 spiro atoms. The molecule has 0 saturated carbocycles. The molecule has 6 N–H and O–H groups in total. The van der Waals surface area contributed by atoms with Gasteiger partial charge in [0.1, 0.15) is 0 Å². The van der Waals surface area contributed by atoms with Gasteiger partial charge in [-0.05, 0) is 0 Å². The number of isocyanates is 3. The van der Waals surface area contributed by atoms with E-state index >= 15 is 0 Å². The van der Waals surface area contributed by atoms with E-state index in [9.17, 15) is 0 Å². The maximum Gasteiger partial charge on any atom is 0.671 e. The largest absolute Gasteiger partial charge is 0.671 e. The van der Waals surface area contributed by atoms with Crippen LogP contribution >= 0.6 is 0 Å². The summed E-state index contributed by atoms with van der Waals surface area (Å²) < 4.78 is 3.74. The minimum absolute atomic E-state index is 0.750. The number of hydrogen-bond acceptors (Lipinski definition) is 10. The van der Waals surface area contributed by atoms with Crippen molar-refractivity contribution in [1.82, 2.24) is 0 Å². The lowest BCUT2D eigenvalue weighted by molar-refractivity contribution is 0.0881. The summed E-state index contributed by atoms with van der Waals surface area (Å²) in [6.45, 7) is 0. The minimum Gasteiger partial charge on any atom is -0.368 e. The molecule has 0 radical (unpaired) electrons. The molecule has 0 atom stereocenters. The standard InChI is InChI=1S/3CHNO.CH6O4Si/c3*2-1-3;1-5-6(2,3)4/h3*2H;2-4H,1H3. The summed E-state index contributed by atoms with van der Waals surface area (Å²) in [6.07, 6.45) is 2.25. The van der Waals surface area contributed by atoms with Gasteiger partial charge in [-0.25, -0.2) is 30.6 Å². The van der Waals surface area contributed by atoms with Gasteiger partial charge in [-0.3, -0.25) is 0 Å². The summed E-state index contributed by atoms with van der Waals surface area (Å²) in [5, 5.41) is 16.2. The van der Waals surface area contributed by atoms with Crippen LogP contribution in [-0.4, -0.2) is 48.8 Å². The Hall–Kier alpha value is -1.80. The first-order valence-electron chi connectivity index (χ1n) is 2.65. The lowest BCUT2D eigenvalue weighted by atomic mass is 11.7. The molecule has 0 heterocycles. The minimum atomic E-state index is -4.13. The third kappa shape index (κ3) is 885. The second kappa shape index (κ2) is 22.8. The van der Waals surface area contributed by atoms with E-state index in [2.05, 4.69) is 4.43 Å². The molecule has 0 unspecified atom stereocenters. The Bertz CT molecular complexity index is 190. The fourth-order valence-electron chi connectivity index (χ4n) is 0. The summed E-state index contributed by atoms with van der Waals surface area (Å²) in [4.78, 5) is 48.6. The highest BCUT2D eigenvalue weighted by Crippen LogP contribution is 1.80. The highest BCUT2D eigenvalue weighted by atomic mass is 28.4. The van der Waals surface area contributed by atoms with Gasteiger partial charge in [0.25, 0.3) is 0 Å². The third-order valence-corrected chi connectivity index (χ3v) is 0.822. The predicted molar refractivity (Wildman–Crippen MR) is 44.7 cm³/mol. The first kappa shape index (κ1) is 23.2. The molecule has 11 heteroatoms. The van der Waals surface area contributed by atoms with Crippen LogP contribution in [0, 0.1) is 16.2 Å². The van der Waals surface area contributed by atoms with Crippen LogP contribution in [0.5, 0.6) is 0 Å². The van der Waals surface area contributed by atoms with E-state index in [0.29, 0.717) is 0 Å². The quantitative estimate of drug-likeness (QED) is 0.169. The van der Waals surface area contributed by atoms with E-state index in [0.717, 1.165) is 25.3 Å². The Morgan fingerprint density at radius 1 is 0.933 bits per heavy atom. The van der Waals surface area contributed by atoms with Crippen molar-refractivity contribution in [2.24, 2.45) is 0 Å². The van der Waals surface area contributed by atoms with Crippen LogP contribution in [0.15, 0.2) is 0 Å². The van der Waals surface area contributed by atoms with Gasteiger partial charge in [-0.2, -0.15) is 0 Å². The lowest BCUT2D eigenvalue weighted by Gasteiger charge is -2.01. The number of rotatable bonds is 1. The van der Waals surface area contributed by atoms with Gasteiger partial charge in [0.2, 0.25) is 18.2 Å². The second-order valence-electron chi connectivity index (χ2n) is 1.08. The van der Waals surface area contributed by atoms with Crippen molar-refractivity contribution in [3.8, 4) is 0 Å². The molecule has 0 fully saturated rings. The molecular weight excluding hydrogens is 230 g/mol. The fraction of sp³-hybridized carbons (Fsp3) is 0.250. The molecule has 86 valence electrons. The zero-order chi connectivity index (χ0) is 13.3. The normalized spacial score (nSPS) is 6.40. The van der Waals surface area contributed by atoms with Crippen LogP contribution in [0.1, 0.15) is 0 Å². The van der Waals surface area contributed by atoms with Gasteiger partial charge in [0.05, 0.1) is 0 Å². The topological polar surface area (TPSA) is 193 Å². The summed E-state index contributed by atoms with van der Waals surface area (Å²) in [7, 11) is -3.11. The first-order chi connectivity index (χ1) is 6.80. The highest BCUT2D eigenvalue weighted by molar-refractivity contribution is 6.48. The smallest absolute Gasteiger partial charge is 0.368 e. The van der Waals surface area contributed by atoms with Crippen LogP contribution in [-0.2, 0) is 18.8 Å². The number of carbonyl (C=O) groups excluding carboxylic acids is 3. The molecule has 0 aliphatic carbocycles. The van der Waals surface area contributed by atoms with Crippen molar-refractivity contribution in [2.45, 2.75) is 0 Å². The molecule has 0 rings (SSSR count). The van der Waals surface area contributed by atoms with E-state index < -0.39 is 9.05 Å². The molecule has 0 aromatic heterocycles. The molecule has 0 aliphatic rings. The summed E-state index contributed by atoms with van der Waals surface area (Å²) in [5.41, 5.74) is 0. The maximum absolute atomic E-state index is 8.35. The monoisotopic (exact) mass is 239 g/mol. The molecule has 0 aliphatic heterocycles. The summed E-state index contributed by atoms with van der Waals surface area (Å²) >= 11 is 0. The van der Waals surface area contributed by atoms with Gasteiger partial charge in [-0.15, -0.1) is 0 Å². The van der Waals surface area contributed by atoms with Crippen LogP contribution in [0.4, 0.5) is 0 Å². The molecule has 15 heavy (non-hydrogen) atoms. The average Bonchev–Trinajstić information content (AvgIpc) is 2.07. The van der Waals surface area contributed by atoms with Crippen LogP contribution in [0.25, 0.3) is 0 Å². The molecular formula is C4H9N3O7Si. The van der Waals surface area contributed by atoms with Gasteiger partial charge < -0.3 is 18.8 Å². The predicted octanol–water partition coefficient (Wildman–Crippen LogP) is -2.25. The van der Waals surface area contributed by atoms with Gasteiger partial charge in [0.15, 0.2) is 0 Å². The zero-order valence-electron chi connectivity index (χ0n) is 7.47.